The van der Waals surface area contributed by atoms with Crippen molar-refractivity contribution in [1.29, 1.82) is 0 Å². The molecule has 0 aliphatic carbocycles. The average Bonchev–Trinajstić information content (AvgIpc) is 2.18. The van der Waals surface area contributed by atoms with Gasteiger partial charge < -0.3 is 18.9 Å². The van der Waals surface area contributed by atoms with Crippen molar-refractivity contribution in [2.24, 2.45) is 0 Å². The highest BCUT2D eigenvalue weighted by Crippen LogP contribution is 2.26. The van der Waals surface area contributed by atoms with Gasteiger partial charge in [0.1, 0.15) is 18.3 Å². The van der Waals surface area contributed by atoms with Crippen LogP contribution in [0.2, 0.25) is 0 Å². The summed E-state index contributed by atoms with van der Waals surface area (Å²) in [5.41, 5.74) is 0. The summed E-state index contributed by atoms with van der Waals surface area (Å²) in [6.07, 6.45) is -0.109. The van der Waals surface area contributed by atoms with Crippen molar-refractivity contribution >= 4 is 0 Å². The maximum atomic E-state index is 5.74. The van der Waals surface area contributed by atoms with Crippen LogP contribution >= 0.6 is 0 Å². The number of rotatable bonds is 4. The lowest BCUT2D eigenvalue weighted by Gasteiger charge is -2.43. The first-order valence-corrected chi connectivity index (χ1v) is 5.48. The monoisotopic (exact) mass is 218 g/mol. The Morgan fingerprint density at radius 2 is 1.40 bits per heavy atom. The van der Waals surface area contributed by atoms with E-state index in [0.717, 1.165) is 0 Å². The molecule has 0 bridgehead atoms. The van der Waals surface area contributed by atoms with Crippen LogP contribution in [0.25, 0.3) is 0 Å². The van der Waals surface area contributed by atoms with Crippen molar-refractivity contribution < 1.29 is 18.9 Å². The molecule has 1 aliphatic rings. The van der Waals surface area contributed by atoms with Crippen LogP contribution in [0.1, 0.15) is 20.8 Å². The molecule has 90 valence electrons. The molecular weight excluding hydrogens is 196 g/mol. The molecule has 0 unspecified atom stereocenters. The van der Waals surface area contributed by atoms with Gasteiger partial charge in [0, 0.05) is 20.8 Å². The van der Waals surface area contributed by atoms with Crippen LogP contribution < -0.4 is 0 Å². The topological polar surface area (TPSA) is 36.9 Å². The van der Waals surface area contributed by atoms with Gasteiger partial charge in [-0.15, -0.1) is 0 Å². The van der Waals surface area contributed by atoms with Crippen LogP contribution in [0.3, 0.4) is 0 Å². The molecule has 0 aromatic heterocycles. The van der Waals surface area contributed by atoms with Crippen LogP contribution in [0, 0.1) is 0 Å². The normalized spacial score (nSPS) is 41.8. The molecule has 0 saturated carbocycles. The van der Waals surface area contributed by atoms with E-state index in [2.05, 4.69) is 0 Å². The van der Waals surface area contributed by atoms with Crippen molar-refractivity contribution in [3.63, 3.8) is 0 Å². The molecule has 1 aliphatic heterocycles. The fourth-order valence-corrected chi connectivity index (χ4v) is 2.25. The van der Waals surface area contributed by atoms with Gasteiger partial charge in [0.05, 0.1) is 12.2 Å². The largest absolute Gasteiger partial charge is 0.376 e. The first kappa shape index (κ1) is 12.9. The molecule has 4 heteroatoms. The fraction of sp³-hybridized carbons (Fsp3) is 1.00. The van der Waals surface area contributed by atoms with E-state index in [4.69, 9.17) is 18.9 Å². The van der Waals surface area contributed by atoms with Crippen molar-refractivity contribution in [3.05, 3.63) is 0 Å². The minimum Gasteiger partial charge on any atom is -0.376 e. The Labute approximate surface area is 91.8 Å². The lowest BCUT2D eigenvalue weighted by molar-refractivity contribution is -0.238. The summed E-state index contributed by atoms with van der Waals surface area (Å²) in [6.45, 7) is 6.64. The second-order valence-corrected chi connectivity index (χ2v) is 3.87. The van der Waals surface area contributed by atoms with Crippen LogP contribution in [0.5, 0.6) is 0 Å². The lowest BCUT2D eigenvalue weighted by atomic mass is 9.96. The van der Waals surface area contributed by atoms with E-state index in [9.17, 15) is 0 Å². The molecule has 1 heterocycles. The summed E-state index contributed by atoms with van der Waals surface area (Å²) < 4.78 is 22.3. The van der Waals surface area contributed by atoms with Crippen LogP contribution in [-0.4, -0.2) is 51.3 Å². The predicted octanol–water partition coefficient (Wildman–Crippen LogP) is 1.23. The second-order valence-electron chi connectivity index (χ2n) is 3.87. The molecule has 0 spiro atoms. The van der Waals surface area contributed by atoms with Gasteiger partial charge in [-0.2, -0.15) is 0 Å². The molecule has 1 fully saturated rings. The van der Waals surface area contributed by atoms with Gasteiger partial charge in [0.25, 0.3) is 0 Å². The summed E-state index contributed by atoms with van der Waals surface area (Å²) in [7, 11) is 3.36. The van der Waals surface area contributed by atoms with Crippen LogP contribution in [0.15, 0.2) is 0 Å². The number of hydrogen-bond donors (Lipinski definition) is 0. The Bertz CT molecular complexity index is 169. The smallest absolute Gasteiger partial charge is 0.115 e. The standard InChI is InChI=1S/C11H22O4/c1-6-14-11-9(12-4)7(2)15-8(3)10(11)13-5/h7-11H,6H2,1-5H3/t7-,8-,9-,10-/m0/s1. The third-order valence-electron chi connectivity index (χ3n) is 2.91. The van der Waals surface area contributed by atoms with Crippen molar-refractivity contribution in [2.75, 3.05) is 20.8 Å². The molecule has 1 saturated heterocycles. The molecular formula is C11H22O4. The van der Waals surface area contributed by atoms with Gasteiger partial charge in [-0.25, -0.2) is 0 Å². The van der Waals surface area contributed by atoms with Gasteiger partial charge in [0.15, 0.2) is 0 Å². The molecule has 0 aromatic rings. The average molecular weight is 218 g/mol. The molecule has 0 radical (unpaired) electrons. The molecule has 1 rings (SSSR count). The van der Waals surface area contributed by atoms with E-state index < -0.39 is 0 Å². The summed E-state index contributed by atoms with van der Waals surface area (Å²) in [5.74, 6) is 0. The zero-order chi connectivity index (χ0) is 11.4. The minimum absolute atomic E-state index is 0.0351. The third-order valence-corrected chi connectivity index (χ3v) is 2.91. The highest BCUT2D eigenvalue weighted by Gasteiger charge is 2.43. The number of hydrogen-bond acceptors (Lipinski definition) is 4. The van der Waals surface area contributed by atoms with Gasteiger partial charge >= 0.3 is 0 Å². The van der Waals surface area contributed by atoms with Crippen molar-refractivity contribution in [1.82, 2.24) is 0 Å². The third kappa shape index (κ3) is 2.69. The first-order valence-electron chi connectivity index (χ1n) is 5.48. The maximum absolute atomic E-state index is 5.74. The molecule has 0 N–H and O–H groups in total. The Morgan fingerprint density at radius 1 is 0.933 bits per heavy atom. The van der Waals surface area contributed by atoms with E-state index in [1.54, 1.807) is 14.2 Å². The van der Waals surface area contributed by atoms with E-state index in [1.165, 1.54) is 0 Å². The zero-order valence-electron chi connectivity index (χ0n) is 10.2. The summed E-state index contributed by atoms with van der Waals surface area (Å²) in [6, 6.07) is 0. The summed E-state index contributed by atoms with van der Waals surface area (Å²) in [4.78, 5) is 0. The van der Waals surface area contributed by atoms with Crippen molar-refractivity contribution in [3.8, 4) is 0 Å². The highest BCUT2D eigenvalue weighted by atomic mass is 16.6. The number of methoxy groups -OCH3 is 2. The van der Waals surface area contributed by atoms with E-state index in [-0.39, 0.29) is 30.5 Å². The van der Waals surface area contributed by atoms with E-state index in [1.807, 2.05) is 20.8 Å². The van der Waals surface area contributed by atoms with Crippen LogP contribution in [0.4, 0.5) is 0 Å². The Morgan fingerprint density at radius 3 is 1.73 bits per heavy atom. The lowest BCUT2D eigenvalue weighted by Crippen LogP contribution is -2.58. The SMILES string of the molecule is CCOC1[C@@H](OC)[C@H](C)O[C@@H](C)[C@@H]1OC. The first-order chi connectivity index (χ1) is 7.15. The highest BCUT2D eigenvalue weighted by molar-refractivity contribution is 4.91. The Kier molecular flexibility index (Phi) is 4.99. The number of ether oxygens (including phenoxy) is 4. The Balaban J connectivity index is 2.77. The second kappa shape index (κ2) is 5.80. The van der Waals surface area contributed by atoms with Gasteiger partial charge in [0.2, 0.25) is 0 Å². The molecule has 15 heavy (non-hydrogen) atoms. The quantitative estimate of drug-likeness (QED) is 0.711. The minimum atomic E-state index is -0.0638. The molecule has 0 amide bonds. The van der Waals surface area contributed by atoms with E-state index >= 15 is 0 Å². The van der Waals surface area contributed by atoms with Gasteiger partial charge in [-0.05, 0) is 20.8 Å². The van der Waals surface area contributed by atoms with Gasteiger partial charge in [-0.3, -0.25) is 0 Å². The van der Waals surface area contributed by atoms with Crippen LogP contribution in [-0.2, 0) is 18.9 Å². The van der Waals surface area contributed by atoms with E-state index in [0.29, 0.717) is 6.61 Å². The fourth-order valence-electron chi connectivity index (χ4n) is 2.25. The Hall–Kier alpha value is -0.160. The zero-order valence-corrected chi connectivity index (χ0v) is 10.2. The molecule has 4 nitrogen and oxygen atoms in total. The molecule has 4 atom stereocenters. The summed E-state index contributed by atoms with van der Waals surface area (Å²) in [5, 5.41) is 0. The maximum Gasteiger partial charge on any atom is 0.115 e. The van der Waals surface area contributed by atoms with Gasteiger partial charge in [-0.1, -0.05) is 0 Å². The predicted molar refractivity (Wildman–Crippen MR) is 57.0 cm³/mol. The molecule has 0 aromatic carbocycles. The van der Waals surface area contributed by atoms with Crippen molar-refractivity contribution in [2.45, 2.75) is 51.3 Å². The summed E-state index contributed by atoms with van der Waals surface area (Å²) >= 11 is 0.